The van der Waals surface area contributed by atoms with E-state index < -0.39 is 0 Å². The van der Waals surface area contributed by atoms with Gasteiger partial charge in [-0.1, -0.05) is 46.0 Å². The van der Waals surface area contributed by atoms with Gasteiger partial charge >= 0.3 is 0 Å². The van der Waals surface area contributed by atoms with Gasteiger partial charge in [-0.3, -0.25) is 0 Å². The molecule has 2 atom stereocenters. The highest BCUT2D eigenvalue weighted by Crippen LogP contribution is 2.46. The Labute approximate surface area is 125 Å². The van der Waals surface area contributed by atoms with Crippen LogP contribution >= 0.6 is 0 Å². The van der Waals surface area contributed by atoms with E-state index in [0.717, 1.165) is 19.3 Å². The molecule has 1 aliphatic heterocycles. The molecule has 0 aromatic rings. The van der Waals surface area contributed by atoms with E-state index in [-0.39, 0.29) is 11.0 Å². The lowest BCUT2D eigenvalue weighted by molar-refractivity contribution is -0.0831. The molecule has 2 rings (SSSR count). The molecule has 0 aromatic heterocycles. The highest BCUT2D eigenvalue weighted by Gasteiger charge is 2.43. The number of hydrogen-bond donors (Lipinski definition) is 1. The van der Waals surface area contributed by atoms with Crippen molar-refractivity contribution < 1.29 is 9.84 Å². The Morgan fingerprint density at radius 3 is 2.50 bits per heavy atom. The summed E-state index contributed by atoms with van der Waals surface area (Å²) in [7, 11) is 0. The second-order valence-corrected chi connectivity index (χ2v) is 7.34. The van der Waals surface area contributed by atoms with Crippen LogP contribution in [0.2, 0.25) is 0 Å². The molecule has 0 aromatic carbocycles. The van der Waals surface area contributed by atoms with Gasteiger partial charge < -0.3 is 9.84 Å². The van der Waals surface area contributed by atoms with Gasteiger partial charge in [-0.2, -0.15) is 0 Å². The Morgan fingerprint density at radius 1 is 1.15 bits per heavy atom. The van der Waals surface area contributed by atoms with Crippen LogP contribution in [0.15, 0.2) is 0 Å². The summed E-state index contributed by atoms with van der Waals surface area (Å²) < 4.78 is 6.52. The summed E-state index contributed by atoms with van der Waals surface area (Å²) in [6.45, 7) is 4.80. The van der Waals surface area contributed by atoms with Crippen molar-refractivity contribution in [2.45, 2.75) is 103 Å². The van der Waals surface area contributed by atoms with E-state index in [4.69, 9.17) is 4.74 Å². The molecule has 2 nitrogen and oxygen atoms in total. The second-order valence-electron chi connectivity index (χ2n) is 7.34. The summed E-state index contributed by atoms with van der Waals surface area (Å²) in [5.74, 6) is 0. The normalized spacial score (nSPS) is 28.6. The maximum Gasteiger partial charge on any atom is 0.0687 e. The fourth-order valence-electron chi connectivity index (χ4n) is 4.32. The summed E-state index contributed by atoms with van der Waals surface area (Å²) >= 11 is 0. The molecular formula is C18H34O2. The summed E-state index contributed by atoms with van der Waals surface area (Å²) in [6.07, 6.45) is 15.3. The number of ether oxygens (including phenoxy) is 1. The number of unbranched alkanes of at least 4 members (excludes halogenated alkanes) is 1. The van der Waals surface area contributed by atoms with Crippen molar-refractivity contribution in [1.29, 1.82) is 0 Å². The zero-order valence-corrected chi connectivity index (χ0v) is 13.6. The summed E-state index contributed by atoms with van der Waals surface area (Å²) in [5.41, 5.74) is 0.337. The van der Waals surface area contributed by atoms with E-state index in [2.05, 4.69) is 13.8 Å². The van der Waals surface area contributed by atoms with Crippen molar-refractivity contribution in [1.82, 2.24) is 0 Å². The van der Waals surface area contributed by atoms with Crippen molar-refractivity contribution in [3.63, 3.8) is 0 Å². The standard InChI is InChI=1S/C18H34O2/c1-3-5-10-17(4-2,15-19)14-16-9-13-18(20-16)11-7-6-8-12-18/h16,19H,3-15H2,1-2H3. The molecule has 1 spiro atoms. The molecular weight excluding hydrogens is 248 g/mol. The molecule has 1 heterocycles. The van der Waals surface area contributed by atoms with Crippen LogP contribution in [-0.2, 0) is 4.74 Å². The van der Waals surface area contributed by atoms with E-state index in [1.54, 1.807) is 0 Å². The Bertz CT molecular complexity index is 277. The Morgan fingerprint density at radius 2 is 1.90 bits per heavy atom. The molecule has 0 radical (unpaired) electrons. The zero-order chi connectivity index (χ0) is 14.5. The molecule has 118 valence electrons. The van der Waals surface area contributed by atoms with E-state index in [9.17, 15) is 5.11 Å². The third-order valence-electron chi connectivity index (χ3n) is 5.91. The predicted octanol–water partition coefficient (Wildman–Crippen LogP) is 4.84. The molecule has 1 saturated heterocycles. The average molecular weight is 282 g/mol. The Kier molecular flexibility index (Phi) is 5.92. The van der Waals surface area contributed by atoms with Crippen LogP contribution < -0.4 is 0 Å². The summed E-state index contributed by atoms with van der Waals surface area (Å²) in [5, 5.41) is 9.91. The third-order valence-corrected chi connectivity index (χ3v) is 5.91. The molecule has 1 saturated carbocycles. The lowest BCUT2D eigenvalue weighted by atomic mass is 9.76. The first-order chi connectivity index (χ1) is 9.67. The van der Waals surface area contributed by atoms with Gasteiger partial charge in [0.1, 0.15) is 0 Å². The molecule has 2 heteroatoms. The van der Waals surface area contributed by atoms with Crippen molar-refractivity contribution in [2.24, 2.45) is 5.41 Å². The van der Waals surface area contributed by atoms with Gasteiger partial charge in [0, 0.05) is 6.61 Å². The minimum absolute atomic E-state index is 0.112. The minimum Gasteiger partial charge on any atom is -0.396 e. The monoisotopic (exact) mass is 282 g/mol. The first kappa shape index (κ1) is 16.3. The molecule has 0 amide bonds. The average Bonchev–Trinajstić information content (AvgIpc) is 2.86. The van der Waals surface area contributed by atoms with E-state index in [1.165, 1.54) is 57.8 Å². The van der Waals surface area contributed by atoms with Gasteiger partial charge in [0.25, 0.3) is 0 Å². The molecule has 20 heavy (non-hydrogen) atoms. The number of hydrogen-bond acceptors (Lipinski definition) is 2. The van der Waals surface area contributed by atoms with Crippen LogP contribution in [0.1, 0.15) is 90.9 Å². The lowest BCUT2D eigenvalue weighted by Gasteiger charge is -2.36. The fraction of sp³-hybridized carbons (Fsp3) is 1.00. The zero-order valence-electron chi connectivity index (χ0n) is 13.6. The van der Waals surface area contributed by atoms with Crippen molar-refractivity contribution in [3.05, 3.63) is 0 Å². The van der Waals surface area contributed by atoms with E-state index in [1.807, 2.05) is 0 Å². The molecule has 2 aliphatic rings. The Hall–Kier alpha value is -0.0800. The second kappa shape index (κ2) is 7.26. The predicted molar refractivity (Wildman–Crippen MR) is 83.9 cm³/mol. The summed E-state index contributed by atoms with van der Waals surface area (Å²) in [6, 6.07) is 0. The van der Waals surface area contributed by atoms with Gasteiger partial charge in [-0.25, -0.2) is 0 Å². The molecule has 1 aliphatic carbocycles. The maximum atomic E-state index is 9.91. The van der Waals surface area contributed by atoms with E-state index in [0.29, 0.717) is 12.7 Å². The van der Waals surface area contributed by atoms with Gasteiger partial charge in [-0.05, 0) is 50.4 Å². The highest BCUT2D eigenvalue weighted by atomic mass is 16.5. The molecule has 2 unspecified atom stereocenters. The maximum absolute atomic E-state index is 9.91. The summed E-state index contributed by atoms with van der Waals surface area (Å²) in [4.78, 5) is 0. The topological polar surface area (TPSA) is 29.5 Å². The molecule has 2 fully saturated rings. The number of aliphatic hydroxyl groups excluding tert-OH is 1. The van der Waals surface area contributed by atoms with Crippen molar-refractivity contribution in [2.75, 3.05) is 6.61 Å². The lowest BCUT2D eigenvalue weighted by Crippen LogP contribution is -2.34. The fourth-order valence-corrected chi connectivity index (χ4v) is 4.32. The Balaban J connectivity index is 1.91. The SMILES string of the molecule is CCCCC(CC)(CO)CC1CCC2(CCCCC2)O1. The van der Waals surface area contributed by atoms with Crippen LogP contribution in [0, 0.1) is 5.41 Å². The quantitative estimate of drug-likeness (QED) is 0.724. The molecule has 0 bridgehead atoms. The van der Waals surface area contributed by atoms with Crippen LogP contribution in [0.4, 0.5) is 0 Å². The largest absolute Gasteiger partial charge is 0.396 e. The van der Waals surface area contributed by atoms with Crippen LogP contribution in [0.25, 0.3) is 0 Å². The number of rotatable bonds is 7. The van der Waals surface area contributed by atoms with Gasteiger partial charge in [0.15, 0.2) is 0 Å². The van der Waals surface area contributed by atoms with Crippen molar-refractivity contribution >= 4 is 0 Å². The highest BCUT2D eigenvalue weighted by molar-refractivity contribution is 4.93. The van der Waals surface area contributed by atoms with Crippen LogP contribution in [0.3, 0.4) is 0 Å². The molecule has 1 N–H and O–H groups in total. The minimum atomic E-state index is 0.112. The number of aliphatic hydroxyl groups is 1. The third kappa shape index (κ3) is 3.76. The first-order valence-corrected chi connectivity index (χ1v) is 8.96. The van der Waals surface area contributed by atoms with Crippen LogP contribution in [0.5, 0.6) is 0 Å². The van der Waals surface area contributed by atoms with Crippen LogP contribution in [-0.4, -0.2) is 23.4 Å². The van der Waals surface area contributed by atoms with E-state index >= 15 is 0 Å². The van der Waals surface area contributed by atoms with Gasteiger partial charge in [0.05, 0.1) is 11.7 Å². The van der Waals surface area contributed by atoms with Gasteiger partial charge in [-0.15, -0.1) is 0 Å². The first-order valence-electron chi connectivity index (χ1n) is 8.96. The van der Waals surface area contributed by atoms with Gasteiger partial charge in [0.2, 0.25) is 0 Å². The smallest absolute Gasteiger partial charge is 0.0687 e. The van der Waals surface area contributed by atoms with Crippen molar-refractivity contribution in [3.8, 4) is 0 Å².